The predicted octanol–water partition coefficient (Wildman–Crippen LogP) is 4.34. The van der Waals surface area contributed by atoms with Crippen molar-refractivity contribution in [3.05, 3.63) is 71.3 Å². The maximum atomic E-state index is 13.5. The van der Waals surface area contributed by atoms with Gasteiger partial charge in [-0.2, -0.15) is 0 Å². The highest BCUT2D eigenvalue weighted by atomic mass is 16.4. The lowest BCUT2D eigenvalue weighted by molar-refractivity contribution is -0.167. The van der Waals surface area contributed by atoms with Crippen molar-refractivity contribution in [2.24, 2.45) is 22.7 Å². The molecule has 0 aliphatic heterocycles. The quantitative estimate of drug-likeness (QED) is 0.471. The van der Waals surface area contributed by atoms with Crippen LogP contribution in [0.3, 0.4) is 0 Å². The zero-order chi connectivity index (χ0) is 24.5. The molecule has 0 heterocycles. The van der Waals surface area contributed by atoms with Crippen LogP contribution in [0.5, 0.6) is 0 Å². The van der Waals surface area contributed by atoms with Crippen molar-refractivity contribution in [1.29, 1.82) is 0 Å². The van der Waals surface area contributed by atoms with Gasteiger partial charge < -0.3 is 15.7 Å². The SMILES string of the molecule is O=C(O)c1ccc(CNC(=O)C23CC4CC(CC(C(=O)NCCCc5ccccc5)(C4)C2)C3)cc1. The molecule has 4 bridgehead atoms. The van der Waals surface area contributed by atoms with E-state index < -0.39 is 16.8 Å². The van der Waals surface area contributed by atoms with E-state index in [1.165, 1.54) is 5.56 Å². The third kappa shape index (κ3) is 4.84. The average Bonchev–Trinajstić information content (AvgIpc) is 2.85. The molecule has 6 rings (SSSR count). The fourth-order valence-electron chi connectivity index (χ4n) is 7.26. The Morgan fingerprint density at radius 1 is 0.800 bits per heavy atom. The predicted molar refractivity (Wildman–Crippen MR) is 133 cm³/mol. The Kier molecular flexibility index (Phi) is 6.39. The molecule has 0 saturated heterocycles. The molecule has 0 spiro atoms. The number of carboxylic acids is 1. The van der Waals surface area contributed by atoms with Gasteiger partial charge in [-0.1, -0.05) is 42.5 Å². The summed E-state index contributed by atoms with van der Waals surface area (Å²) in [6.07, 6.45) is 7.17. The van der Waals surface area contributed by atoms with Crippen molar-refractivity contribution in [3.63, 3.8) is 0 Å². The molecule has 3 N–H and O–H groups in total. The molecule has 4 aliphatic carbocycles. The van der Waals surface area contributed by atoms with Crippen LogP contribution in [0.4, 0.5) is 0 Å². The van der Waals surface area contributed by atoms with Crippen LogP contribution >= 0.6 is 0 Å². The first kappa shape index (κ1) is 23.6. The van der Waals surface area contributed by atoms with Crippen LogP contribution < -0.4 is 10.6 Å². The number of benzene rings is 2. The standard InChI is InChI=1S/C29H34N2O4/c32-25(33)24-10-8-21(9-11-24)18-31-27(35)29-16-22-13-23(17-29)15-28(14-22,19-29)26(34)30-12-4-7-20-5-2-1-3-6-20/h1-3,5-6,8-11,22-23H,4,7,12-19H2,(H,30,34)(H,31,35)(H,32,33). The van der Waals surface area contributed by atoms with Gasteiger partial charge >= 0.3 is 5.97 Å². The highest BCUT2D eigenvalue weighted by Gasteiger charge is 2.62. The Hall–Kier alpha value is -3.15. The first-order chi connectivity index (χ1) is 16.9. The van der Waals surface area contributed by atoms with E-state index in [9.17, 15) is 14.4 Å². The fraction of sp³-hybridized carbons (Fsp3) is 0.483. The summed E-state index contributed by atoms with van der Waals surface area (Å²) in [5, 5.41) is 15.4. The maximum absolute atomic E-state index is 13.5. The molecular formula is C29H34N2O4. The molecule has 0 radical (unpaired) electrons. The molecule has 184 valence electrons. The number of carboxylic acid groups (broad SMARTS) is 1. The molecule has 6 heteroatoms. The van der Waals surface area contributed by atoms with Gasteiger partial charge in [0.2, 0.25) is 11.8 Å². The summed E-state index contributed by atoms with van der Waals surface area (Å²) in [5.41, 5.74) is 1.51. The van der Waals surface area contributed by atoms with Gasteiger partial charge in [-0.25, -0.2) is 4.79 Å². The van der Waals surface area contributed by atoms with E-state index in [0.717, 1.165) is 50.5 Å². The fourth-order valence-corrected chi connectivity index (χ4v) is 7.26. The number of rotatable bonds is 9. The van der Waals surface area contributed by atoms with Crippen molar-refractivity contribution < 1.29 is 19.5 Å². The maximum Gasteiger partial charge on any atom is 0.335 e. The minimum atomic E-state index is -0.960. The molecule has 2 unspecified atom stereocenters. The Morgan fingerprint density at radius 3 is 2.00 bits per heavy atom. The van der Waals surface area contributed by atoms with Crippen molar-refractivity contribution in [2.75, 3.05) is 6.54 Å². The molecular weight excluding hydrogens is 440 g/mol. The van der Waals surface area contributed by atoms with Crippen molar-refractivity contribution in [1.82, 2.24) is 10.6 Å². The first-order valence-electron chi connectivity index (χ1n) is 12.8. The van der Waals surface area contributed by atoms with E-state index in [-0.39, 0.29) is 17.4 Å². The van der Waals surface area contributed by atoms with E-state index in [0.29, 0.717) is 31.3 Å². The Morgan fingerprint density at radius 2 is 1.40 bits per heavy atom. The number of amides is 2. The largest absolute Gasteiger partial charge is 0.478 e. The summed E-state index contributed by atoms with van der Waals surface area (Å²) in [5.74, 6) is 0.105. The summed E-state index contributed by atoms with van der Waals surface area (Å²) < 4.78 is 0. The van der Waals surface area contributed by atoms with Gasteiger partial charge in [-0.3, -0.25) is 9.59 Å². The van der Waals surface area contributed by atoms with Crippen LogP contribution in [-0.4, -0.2) is 29.4 Å². The summed E-state index contributed by atoms with van der Waals surface area (Å²) in [6, 6.07) is 16.9. The first-order valence-corrected chi connectivity index (χ1v) is 12.8. The van der Waals surface area contributed by atoms with E-state index in [1.54, 1.807) is 24.3 Å². The molecule has 2 aromatic rings. The summed E-state index contributed by atoms with van der Waals surface area (Å²) in [6.45, 7) is 1.03. The molecule has 2 atom stereocenters. The second kappa shape index (κ2) is 9.48. The van der Waals surface area contributed by atoms with Crippen LogP contribution in [0.15, 0.2) is 54.6 Å². The van der Waals surface area contributed by atoms with Gasteiger partial charge in [0.05, 0.1) is 16.4 Å². The summed E-state index contributed by atoms with van der Waals surface area (Å²) in [7, 11) is 0. The normalized spacial score (nSPS) is 28.5. The number of aromatic carboxylic acids is 1. The Bertz CT molecular complexity index is 1080. The second-order valence-corrected chi connectivity index (χ2v) is 11.1. The highest BCUT2D eigenvalue weighted by Crippen LogP contribution is 2.65. The van der Waals surface area contributed by atoms with Gasteiger partial charge in [0.15, 0.2) is 0 Å². The lowest BCUT2D eigenvalue weighted by Gasteiger charge is -2.60. The van der Waals surface area contributed by atoms with Crippen LogP contribution in [-0.2, 0) is 22.6 Å². The van der Waals surface area contributed by atoms with Crippen LogP contribution in [0.1, 0.15) is 66.4 Å². The van der Waals surface area contributed by atoms with E-state index in [1.807, 2.05) is 18.2 Å². The third-order valence-corrected chi connectivity index (χ3v) is 8.45. The highest BCUT2D eigenvalue weighted by molar-refractivity contribution is 5.88. The number of aryl methyl sites for hydroxylation is 1. The molecule has 6 nitrogen and oxygen atoms in total. The topological polar surface area (TPSA) is 95.5 Å². The van der Waals surface area contributed by atoms with Gasteiger partial charge in [0.1, 0.15) is 0 Å². The number of carbonyl (C=O) groups excluding carboxylic acids is 2. The van der Waals surface area contributed by atoms with Gasteiger partial charge in [0, 0.05) is 13.1 Å². The van der Waals surface area contributed by atoms with Gasteiger partial charge in [-0.05, 0) is 86.5 Å². The van der Waals surface area contributed by atoms with Crippen molar-refractivity contribution in [3.8, 4) is 0 Å². The van der Waals surface area contributed by atoms with E-state index >= 15 is 0 Å². The lowest BCUT2D eigenvalue weighted by Crippen LogP contribution is -2.61. The van der Waals surface area contributed by atoms with Crippen LogP contribution in [0, 0.1) is 22.7 Å². The monoisotopic (exact) mass is 474 g/mol. The Labute approximate surface area is 206 Å². The molecule has 4 fully saturated rings. The number of carbonyl (C=O) groups is 3. The van der Waals surface area contributed by atoms with Crippen molar-refractivity contribution >= 4 is 17.8 Å². The Balaban J connectivity index is 1.20. The minimum absolute atomic E-state index is 0.0511. The zero-order valence-corrected chi connectivity index (χ0v) is 20.1. The van der Waals surface area contributed by atoms with E-state index in [4.69, 9.17) is 5.11 Å². The summed E-state index contributed by atoms with van der Waals surface area (Å²) >= 11 is 0. The molecule has 4 aliphatic rings. The van der Waals surface area contributed by atoms with E-state index in [2.05, 4.69) is 22.8 Å². The second-order valence-electron chi connectivity index (χ2n) is 11.1. The number of hydrogen-bond acceptors (Lipinski definition) is 3. The zero-order valence-electron chi connectivity index (χ0n) is 20.1. The molecule has 0 aromatic heterocycles. The smallest absolute Gasteiger partial charge is 0.335 e. The van der Waals surface area contributed by atoms with Crippen molar-refractivity contribution in [2.45, 2.75) is 57.9 Å². The average molecular weight is 475 g/mol. The van der Waals surface area contributed by atoms with Gasteiger partial charge in [0.25, 0.3) is 0 Å². The molecule has 2 aromatic carbocycles. The molecule has 35 heavy (non-hydrogen) atoms. The van der Waals surface area contributed by atoms with Crippen LogP contribution in [0.2, 0.25) is 0 Å². The lowest BCUT2D eigenvalue weighted by atomic mass is 9.43. The minimum Gasteiger partial charge on any atom is -0.478 e. The van der Waals surface area contributed by atoms with Gasteiger partial charge in [-0.15, -0.1) is 0 Å². The summed E-state index contributed by atoms with van der Waals surface area (Å²) in [4.78, 5) is 38.0. The molecule has 4 saturated carbocycles. The molecule has 2 amide bonds. The third-order valence-electron chi connectivity index (χ3n) is 8.45. The number of nitrogens with one attached hydrogen (secondary N) is 2. The van der Waals surface area contributed by atoms with Crippen LogP contribution in [0.25, 0.3) is 0 Å². The number of hydrogen-bond donors (Lipinski definition) is 3.